The third-order valence-corrected chi connectivity index (χ3v) is 6.68. The topological polar surface area (TPSA) is 140 Å². The summed E-state index contributed by atoms with van der Waals surface area (Å²) in [5.41, 5.74) is 8.32. The minimum Gasteiger partial charge on any atom is -0.496 e. The molecule has 39 heavy (non-hydrogen) atoms. The second kappa shape index (κ2) is 10.7. The third-order valence-electron chi connectivity index (χ3n) is 6.68. The van der Waals surface area contributed by atoms with Crippen LogP contribution >= 0.6 is 0 Å². The fourth-order valence-corrected chi connectivity index (χ4v) is 4.93. The summed E-state index contributed by atoms with van der Waals surface area (Å²) in [5, 5.41) is 10.8. The van der Waals surface area contributed by atoms with Gasteiger partial charge in [-0.2, -0.15) is 5.10 Å². The number of nitrogens with one attached hydrogen (secondary N) is 2. The molecule has 1 atom stereocenters. The Balaban J connectivity index is 1.60. The van der Waals surface area contributed by atoms with Crippen LogP contribution in [0.25, 0.3) is 22.3 Å². The molecule has 2 aromatic carbocycles. The number of aryl methyl sites for hydroxylation is 1. The molecule has 0 radical (unpaired) electrons. The highest BCUT2D eigenvalue weighted by Crippen LogP contribution is 2.38. The SMILES string of the molecule is CNC(=O)c1cc(NC(=O)c2ccnc(-c3c(F)cccc3OC)n2)c(N2CCC[C@@H](N)C2)c2cn(C)nc12. The number of aromatic nitrogens is 4. The lowest BCUT2D eigenvalue weighted by molar-refractivity contribution is 0.0962. The van der Waals surface area contributed by atoms with Crippen LogP contribution in [-0.2, 0) is 7.05 Å². The Morgan fingerprint density at radius 1 is 1.23 bits per heavy atom. The van der Waals surface area contributed by atoms with E-state index in [0.29, 0.717) is 28.7 Å². The Bertz CT molecular complexity index is 1570. The number of anilines is 2. The highest BCUT2D eigenvalue weighted by atomic mass is 19.1. The summed E-state index contributed by atoms with van der Waals surface area (Å²) in [6, 6.07) is 7.39. The molecule has 2 amide bonds. The number of amides is 2. The van der Waals surface area contributed by atoms with Crippen LogP contribution in [0.1, 0.15) is 33.7 Å². The van der Waals surface area contributed by atoms with E-state index in [4.69, 9.17) is 10.5 Å². The van der Waals surface area contributed by atoms with Crippen LogP contribution in [0.5, 0.6) is 5.75 Å². The van der Waals surface area contributed by atoms with E-state index in [1.165, 1.54) is 38.6 Å². The van der Waals surface area contributed by atoms with Crippen molar-refractivity contribution in [1.82, 2.24) is 25.1 Å². The fourth-order valence-electron chi connectivity index (χ4n) is 4.93. The third kappa shape index (κ3) is 4.98. The van der Waals surface area contributed by atoms with Crippen LogP contribution in [-0.4, -0.2) is 64.9 Å². The van der Waals surface area contributed by atoms with Gasteiger partial charge in [0.05, 0.1) is 29.6 Å². The zero-order valence-corrected chi connectivity index (χ0v) is 21.9. The molecule has 1 saturated heterocycles. The van der Waals surface area contributed by atoms with Gasteiger partial charge in [0.25, 0.3) is 11.8 Å². The summed E-state index contributed by atoms with van der Waals surface area (Å²) in [4.78, 5) is 36.9. The standard InChI is InChI=1S/C27H29FN8O3/c1-30-26(37)16-12-20(24(17-14-35(2)34-23(16)17)36-11-5-6-15(29)13-36)33-27(38)19-9-10-31-25(32-19)22-18(28)7-4-8-21(22)39-3/h4,7-10,12,14-15H,5-6,11,13,29H2,1-3H3,(H,30,37)(H,33,38)/t15-/m1/s1. The number of halogens is 1. The Hall–Kier alpha value is -4.58. The van der Waals surface area contributed by atoms with E-state index in [2.05, 4.69) is 30.6 Å². The molecule has 0 aliphatic carbocycles. The number of carbonyl (C=O) groups is 2. The molecular formula is C27H29FN8O3. The van der Waals surface area contributed by atoms with Crippen molar-refractivity contribution in [1.29, 1.82) is 0 Å². The van der Waals surface area contributed by atoms with Gasteiger partial charge >= 0.3 is 0 Å². The van der Waals surface area contributed by atoms with Gasteiger partial charge in [-0.1, -0.05) is 6.07 Å². The number of nitrogens with zero attached hydrogens (tertiary/aromatic N) is 5. The number of ether oxygens (including phenoxy) is 1. The number of nitrogens with two attached hydrogens (primary N) is 1. The number of fused-ring (bicyclic) bond motifs is 1. The van der Waals surface area contributed by atoms with E-state index in [1.54, 1.807) is 23.9 Å². The van der Waals surface area contributed by atoms with Crippen LogP contribution in [0.2, 0.25) is 0 Å². The fraction of sp³-hybridized carbons (Fsp3) is 0.296. The quantitative estimate of drug-likeness (QED) is 0.344. The van der Waals surface area contributed by atoms with Crippen molar-refractivity contribution in [2.24, 2.45) is 12.8 Å². The first-order valence-corrected chi connectivity index (χ1v) is 12.5. The van der Waals surface area contributed by atoms with Crippen molar-refractivity contribution in [3.63, 3.8) is 0 Å². The average molecular weight is 533 g/mol. The van der Waals surface area contributed by atoms with Crippen molar-refractivity contribution in [3.8, 4) is 17.1 Å². The van der Waals surface area contributed by atoms with Crippen molar-refractivity contribution in [2.45, 2.75) is 18.9 Å². The molecule has 5 rings (SSSR count). The predicted octanol–water partition coefficient (Wildman–Crippen LogP) is 2.72. The number of carbonyl (C=O) groups excluding carboxylic acids is 2. The molecule has 202 valence electrons. The largest absolute Gasteiger partial charge is 0.496 e. The maximum Gasteiger partial charge on any atom is 0.274 e. The van der Waals surface area contributed by atoms with Crippen LogP contribution in [0.3, 0.4) is 0 Å². The molecule has 0 bridgehead atoms. The van der Waals surface area contributed by atoms with Gasteiger partial charge in [0.15, 0.2) is 5.82 Å². The lowest BCUT2D eigenvalue weighted by Gasteiger charge is -2.34. The molecule has 0 unspecified atom stereocenters. The lowest BCUT2D eigenvalue weighted by Crippen LogP contribution is -2.43. The van der Waals surface area contributed by atoms with Crippen LogP contribution in [0, 0.1) is 5.82 Å². The first-order valence-electron chi connectivity index (χ1n) is 12.5. The van der Waals surface area contributed by atoms with Crippen molar-refractivity contribution in [3.05, 3.63) is 59.8 Å². The molecule has 0 saturated carbocycles. The molecule has 1 aliphatic heterocycles. The predicted molar refractivity (Wildman–Crippen MR) is 145 cm³/mol. The zero-order chi connectivity index (χ0) is 27.7. The number of hydrogen-bond acceptors (Lipinski definition) is 8. The van der Waals surface area contributed by atoms with Crippen LogP contribution in [0.15, 0.2) is 42.7 Å². The maximum absolute atomic E-state index is 14.7. The monoisotopic (exact) mass is 532 g/mol. The number of hydrogen-bond donors (Lipinski definition) is 3. The maximum atomic E-state index is 14.7. The van der Waals surface area contributed by atoms with E-state index in [1.807, 2.05) is 6.20 Å². The first kappa shape index (κ1) is 26.0. The Morgan fingerprint density at radius 2 is 2.05 bits per heavy atom. The van der Waals surface area contributed by atoms with Gasteiger partial charge in [0, 0.05) is 51.0 Å². The van der Waals surface area contributed by atoms with Gasteiger partial charge in [-0.15, -0.1) is 0 Å². The molecule has 3 heterocycles. The molecule has 2 aromatic heterocycles. The van der Waals surface area contributed by atoms with Crippen molar-refractivity contribution in [2.75, 3.05) is 37.5 Å². The molecule has 1 aliphatic rings. The van der Waals surface area contributed by atoms with Crippen molar-refractivity contribution >= 4 is 34.1 Å². The van der Waals surface area contributed by atoms with E-state index in [0.717, 1.165) is 25.1 Å². The van der Waals surface area contributed by atoms with E-state index >= 15 is 0 Å². The van der Waals surface area contributed by atoms with E-state index < -0.39 is 11.7 Å². The van der Waals surface area contributed by atoms with Crippen LogP contribution in [0.4, 0.5) is 15.8 Å². The molecule has 1 fully saturated rings. The molecular weight excluding hydrogens is 503 g/mol. The Kier molecular flexibility index (Phi) is 7.11. The number of piperidine rings is 1. The smallest absolute Gasteiger partial charge is 0.274 e. The summed E-state index contributed by atoms with van der Waals surface area (Å²) in [6.07, 6.45) is 4.98. The second-order valence-electron chi connectivity index (χ2n) is 9.35. The summed E-state index contributed by atoms with van der Waals surface area (Å²) in [7, 11) is 4.73. The number of methoxy groups -OCH3 is 1. The Labute approximate surface area is 224 Å². The van der Waals surface area contributed by atoms with E-state index in [-0.39, 0.29) is 34.8 Å². The molecule has 0 spiro atoms. The van der Waals surface area contributed by atoms with Gasteiger partial charge in [-0.3, -0.25) is 14.3 Å². The molecule has 12 heteroatoms. The van der Waals surface area contributed by atoms with Crippen molar-refractivity contribution < 1.29 is 18.7 Å². The molecule has 4 N–H and O–H groups in total. The van der Waals surface area contributed by atoms with Gasteiger partial charge in [-0.25, -0.2) is 14.4 Å². The number of rotatable bonds is 6. The van der Waals surface area contributed by atoms with Gasteiger partial charge in [0.2, 0.25) is 0 Å². The lowest BCUT2D eigenvalue weighted by atomic mass is 10.0. The summed E-state index contributed by atoms with van der Waals surface area (Å²) in [6.45, 7) is 1.31. The summed E-state index contributed by atoms with van der Waals surface area (Å²) in [5.74, 6) is -1.22. The Morgan fingerprint density at radius 3 is 2.79 bits per heavy atom. The highest BCUT2D eigenvalue weighted by Gasteiger charge is 2.27. The second-order valence-corrected chi connectivity index (χ2v) is 9.35. The number of benzene rings is 2. The van der Waals surface area contributed by atoms with E-state index in [9.17, 15) is 14.0 Å². The van der Waals surface area contributed by atoms with Gasteiger partial charge in [0.1, 0.15) is 22.8 Å². The zero-order valence-electron chi connectivity index (χ0n) is 21.9. The summed E-state index contributed by atoms with van der Waals surface area (Å²) < 4.78 is 21.6. The highest BCUT2D eigenvalue weighted by molar-refractivity contribution is 6.15. The van der Waals surface area contributed by atoms with Gasteiger partial charge in [-0.05, 0) is 37.1 Å². The molecule has 4 aromatic rings. The average Bonchev–Trinajstić information content (AvgIpc) is 3.32. The summed E-state index contributed by atoms with van der Waals surface area (Å²) >= 11 is 0. The normalized spacial score (nSPS) is 15.3. The minimum atomic E-state index is -0.576. The molecule has 11 nitrogen and oxygen atoms in total. The first-order chi connectivity index (χ1) is 18.8. The van der Waals surface area contributed by atoms with Crippen LogP contribution < -0.4 is 26.0 Å². The van der Waals surface area contributed by atoms with Gasteiger partial charge < -0.3 is 26.0 Å². The minimum absolute atomic E-state index is 0.00795.